The van der Waals surface area contributed by atoms with Gasteiger partial charge in [0.2, 0.25) is 5.91 Å². The molecule has 2 N–H and O–H groups in total. The molecule has 0 atom stereocenters. The Kier molecular flexibility index (Phi) is 4.78. The quantitative estimate of drug-likeness (QED) is 0.669. The molecule has 1 amide bonds. The molecule has 1 fully saturated rings. The lowest BCUT2D eigenvalue weighted by molar-refractivity contribution is -0.130. The number of likely N-dealkylation sites (tertiary alicyclic amines) is 1. The van der Waals surface area contributed by atoms with Gasteiger partial charge in [-0.2, -0.15) is 0 Å². The van der Waals surface area contributed by atoms with Crippen LogP contribution in [0, 0.1) is 0 Å². The summed E-state index contributed by atoms with van der Waals surface area (Å²) >= 11 is 0. The summed E-state index contributed by atoms with van der Waals surface area (Å²) in [7, 11) is 1.81. The molecule has 1 saturated heterocycles. The normalized spacial score (nSPS) is 18.8. The van der Waals surface area contributed by atoms with Crippen molar-refractivity contribution in [3.63, 3.8) is 0 Å². The first-order valence-electron chi connectivity index (χ1n) is 5.46. The van der Waals surface area contributed by atoms with Crippen LogP contribution in [0.3, 0.4) is 0 Å². The third kappa shape index (κ3) is 4.01. The molecule has 0 aromatic heterocycles. The van der Waals surface area contributed by atoms with Crippen molar-refractivity contribution in [3.05, 3.63) is 12.7 Å². The van der Waals surface area contributed by atoms with Crippen molar-refractivity contribution in [2.45, 2.75) is 18.9 Å². The van der Waals surface area contributed by atoms with Gasteiger partial charge in [-0.3, -0.25) is 9.69 Å². The molecule has 15 heavy (non-hydrogen) atoms. The van der Waals surface area contributed by atoms with Gasteiger partial charge in [0, 0.05) is 32.7 Å². The highest BCUT2D eigenvalue weighted by atomic mass is 16.2. The third-order valence-corrected chi connectivity index (χ3v) is 2.82. The third-order valence-electron chi connectivity index (χ3n) is 2.82. The van der Waals surface area contributed by atoms with Gasteiger partial charge >= 0.3 is 0 Å². The molecular weight excluding hydrogens is 190 g/mol. The van der Waals surface area contributed by atoms with E-state index < -0.39 is 0 Å². The number of rotatable bonds is 4. The summed E-state index contributed by atoms with van der Waals surface area (Å²) in [4.78, 5) is 15.6. The van der Waals surface area contributed by atoms with Crippen molar-refractivity contribution in [2.24, 2.45) is 5.73 Å². The Labute approximate surface area is 91.7 Å². The Morgan fingerprint density at radius 1 is 1.60 bits per heavy atom. The maximum Gasteiger partial charge on any atom is 0.236 e. The molecule has 0 spiro atoms. The second-order valence-electron chi connectivity index (χ2n) is 4.18. The highest BCUT2D eigenvalue weighted by molar-refractivity contribution is 5.78. The number of likely N-dealkylation sites (N-methyl/N-ethyl adjacent to an activating group) is 1. The Morgan fingerprint density at radius 3 is 2.73 bits per heavy atom. The van der Waals surface area contributed by atoms with Crippen molar-refractivity contribution in [3.8, 4) is 0 Å². The van der Waals surface area contributed by atoms with Crippen molar-refractivity contribution >= 4 is 5.91 Å². The van der Waals surface area contributed by atoms with Gasteiger partial charge in [0.15, 0.2) is 0 Å². The van der Waals surface area contributed by atoms with Crippen LogP contribution in [0.1, 0.15) is 12.8 Å². The Hall–Kier alpha value is -0.870. The minimum Gasteiger partial charge on any atom is -0.341 e. The molecule has 1 heterocycles. The van der Waals surface area contributed by atoms with E-state index in [1.165, 1.54) is 0 Å². The first-order valence-corrected chi connectivity index (χ1v) is 5.46. The zero-order chi connectivity index (χ0) is 11.3. The van der Waals surface area contributed by atoms with Crippen molar-refractivity contribution in [1.29, 1.82) is 0 Å². The summed E-state index contributed by atoms with van der Waals surface area (Å²) in [5, 5.41) is 0. The zero-order valence-electron chi connectivity index (χ0n) is 9.48. The SMILES string of the molecule is C=CCN(C)C(=O)CN1CCC(N)CC1. The summed E-state index contributed by atoms with van der Waals surface area (Å²) in [6, 6.07) is 0.322. The Morgan fingerprint density at radius 2 is 2.20 bits per heavy atom. The summed E-state index contributed by atoms with van der Waals surface area (Å²) in [6.45, 7) is 6.62. The van der Waals surface area contributed by atoms with Gasteiger partial charge in [0.05, 0.1) is 6.54 Å². The van der Waals surface area contributed by atoms with E-state index in [-0.39, 0.29) is 5.91 Å². The molecule has 4 nitrogen and oxygen atoms in total. The van der Waals surface area contributed by atoms with Gasteiger partial charge in [-0.1, -0.05) is 6.08 Å². The van der Waals surface area contributed by atoms with E-state index in [1.54, 1.807) is 18.0 Å². The van der Waals surface area contributed by atoms with E-state index in [4.69, 9.17) is 5.73 Å². The highest BCUT2D eigenvalue weighted by Crippen LogP contribution is 2.07. The van der Waals surface area contributed by atoms with Gasteiger partial charge in [-0.25, -0.2) is 0 Å². The van der Waals surface area contributed by atoms with Crippen molar-refractivity contribution in [2.75, 3.05) is 33.2 Å². The number of nitrogens with zero attached hydrogens (tertiary/aromatic N) is 2. The smallest absolute Gasteiger partial charge is 0.236 e. The molecular formula is C11H21N3O. The van der Waals surface area contributed by atoms with Gasteiger partial charge in [-0.05, 0) is 12.8 Å². The van der Waals surface area contributed by atoms with Crippen LogP contribution in [0.5, 0.6) is 0 Å². The predicted octanol–water partition coefficient (Wildman–Crippen LogP) is 0.0539. The first-order chi connectivity index (χ1) is 7.13. The average Bonchev–Trinajstić information content (AvgIpc) is 2.22. The van der Waals surface area contributed by atoms with E-state index in [0.717, 1.165) is 25.9 Å². The average molecular weight is 211 g/mol. The lowest BCUT2D eigenvalue weighted by Gasteiger charge is -2.30. The lowest BCUT2D eigenvalue weighted by atomic mass is 10.1. The number of carbonyl (C=O) groups is 1. The Balaban J connectivity index is 2.28. The molecule has 0 saturated carbocycles. The topological polar surface area (TPSA) is 49.6 Å². The van der Waals surface area contributed by atoms with Crippen LogP contribution in [0.2, 0.25) is 0 Å². The number of carbonyl (C=O) groups excluding carboxylic acids is 1. The largest absolute Gasteiger partial charge is 0.341 e. The first kappa shape index (κ1) is 12.2. The maximum atomic E-state index is 11.7. The zero-order valence-corrected chi connectivity index (χ0v) is 9.48. The molecule has 0 aromatic carbocycles. The monoisotopic (exact) mass is 211 g/mol. The van der Waals surface area contributed by atoms with Crippen LogP contribution in [-0.4, -0.2) is 55.0 Å². The van der Waals surface area contributed by atoms with Gasteiger partial charge in [0.25, 0.3) is 0 Å². The van der Waals surface area contributed by atoms with Crippen LogP contribution >= 0.6 is 0 Å². The number of hydrogen-bond donors (Lipinski definition) is 1. The van der Waals surface area contributed by atoms with E-state index in [2.05, 4.69) is 11.5 Å². The molecule has 1 rings (SSSR count). The summed E-state index contributed by atoms with van der Waals surface area (Å²) in [6.07, 6.45) is 3.74. The summed E-state index contributed by atoms with van der Waals surface area (Å²) in [5.74, 6) is 0.158. The second-order valence-corrected chi connectivity index (χ2v) is 4.18. The highest BCUT2D eigenvalue weighted by Gasteiger charge is 2.19. The van der Waals surface area contributed by atoms with Crippen molar-refractivity contribution < 1.29 is 4.79 Å². The molecule has 0 aliphatic carbocycles. The minimum absolute atomic E-state index is 0.158. The van der Waals surface area contributed by atoms with Crippen LogP contribution in [0.4, 0.5) is 0 Å². The van der Waals surface area contributed by atoms with Crippen LogP contribution < -0.4 is 5.73 Å². The van der Waals surface area contributed by atoms with E-state index in [1.807, 2.05) is 0 Å². The number of hydrogen-bond acceptors (Lipinski definition) is 3. The van der Waals surface area contributed by atoms with E-state index in [0.29, 0.717) is 19.1 Å². The van der Waals surface area contributed by atoms with Crippen LogP contribution in [-0.2, 0) is 4.79 Å². The van der Waals surface area contributed by atoms with Crippen molar-refractivity contribution in [1.82, 2.24) is 9.80 Å². The number of piperidine rings is 1. The molecule has 4 heteroatoms. The Bertz CT molecular complexity index is 222. The molecule has 0 aromatic rings. The predicted molar refractivity (Wildman–Crippen MR) is 61.5 cm³/mol. The maximum absolute atomic E-state index is 11.7. The van der Waals surface area contributed by atoms with Crippen LogP contribution in [0.15, 0.2) is 12.7 Å². The van der Waals surface area contributed by atoms with Gasteiger partial charge < -0.3 is 10.6 Å². The summed E-state index contributed by atoms with van der Waals surface area (Å²) in [5.41, 5.74) is 5.80. The molecule has 0 bridgehead atoms. The summed E-state index contributed by atoms with van der Waals surface area (Å²) < 4.78 is 0. The fraction of sp³-hybridized carbons (Fsp3) is 0.727. The molecule has 1 aliphatic heterocycles. The van der Waals surface area contributed by atoms with Gasteiger partial charge in [-0.15, -0.1) is 6.58 Å². The minimum atomic E-state index is 0.158. The fourth-order valence-corrected chi connectivity index (χ4v) is 1.72. The van der Waals surface area contributed by atoms with E-state index in [9.17, 15) is 4.79 Å². The lowest BCUT2D eigenvalue weighted by Crippen LogP contribution is -2.44. The van der Waals surface area contributed by atoms with Crippen LogP contribution in [0.25, 0.3) is 0 Å². The molecule has 0 radical (unpaired) electrons. The number of amides is 1. The second kappa shape index (κ2) is 5.88. The molecule has 0 unspecified atom stereocenters. The standard InChI is InChI=1S/C11H21N3O/c1-3-6-13(2)11(15)9-14-7-4-10(12)5-8-14/h3,10H,1,4-9,12H2,2H3. The molecule has 1 aliphatic rings. The fourth-order valence-electron chi connectivity index (χ4n) is 1.72. The number of nitrogens with two attached hydrogens (primary N) is 1. The van der Waals surface area contributed by atoms with E-state index >= 15 is 0 Å². The molecule has 86 valence electrons. The van der Waals surface area contributed by atoms with Gasteiger partial charge in [0.1, 0.15) is 0 Å².